The van der Waals surface area contributed by atoms with Gasteiger partial charge in [-0.3, -0.25) is 0 Å². The minimum absolute atomic E-state index is 0.579. The van der Waals surface area contributed by atoms with Crippen molar-refractivity contribution in [3.8, 4) is 0 Å². The van der Waals surface area contributed by atoms with Gasteiger partial charge < -0.3 is 15.3 Å². The van der Waals surface area contributed by atoms with Gasteiger partial charge >= 0.3 is 0 Å². The molecule has 2 aromatic heterocycles. The molecule has 0 amide bonds. The minimum atomic E-state index is 0.579. The van der Waals surface area contributed by atoms with Crippen molar-refractivity contribution in [2.24, 2.45) is 4.99 Å². The maximum absolute atomic E-state index is 3.99. The molecule has 0 atom stereocenters. The molecule has 2 aromatic rings. The molecule has 3 heterocycles. The Kier molecular flexibility index (Phi) is 1.08. The predicted octanol–water partition coefficient (Wildman–Crippen LogP) is 1.10. The number of hydrogen-bond acceptors (Lipinski definition) is 5. The van der Waals surface area contributed by atoms with E-state index in [9.17, 15) is 0 Å². The Morgan fingerprint density at radius 2 is 1.85 bits per heavy atom. The fourth-order valence-electron chi connectivity index (χ4n) is 1.20. The maximum Gasteiger partial charge on any atom is 0.164 e. The van der Waals surface area contributed by atoms with Crippen LogP contribution in [0.4, 0.5) is 11.6 Å². The molecule has 1 aliphatic heterocycles. The van der Waals surface area contributed by atoms with Crippen LogP contribution in [0, 0.1) is 0 Å². The fourth-order valence-corrected chi connectivity index (χ4v) is 1.20. The lowest BCUT2D eigenvalue weighted by Gasteiger charge is -2.15. The summed E-state index contributed by atoms with van der Waals surface area (Å²) in [6.45, 7) is 0. The van der Waals surface area contributed by atoms with Crippen LogP contribution >= 0.6 is 0 Å². The summed E-state index contributed by atoms with van der Waals surface area (Å²) in [6, 6.07) is 0. The third-order valence-corrected chi connectivity index (χ3v) is 1.75. The van der Waals surface area contributed by atoms with Gasteiger partial charge in [0, 0.05) is 12.1 Å². The first kappa shape index (κ1) is 6.41. The summed E-state index contributed by atoms with van der Waals surface area (Å²) in [7, 11) is 0. The van der Waals surface area contributed by atoms with Crippen LogP contribution in [-0.2, 0) is 0 Å². The molecule has 0 N–H and O–H groups in total. The second-order valence-corrected chi connectivity index (χ2v) is 2.47. The lowest BCUT2D eigenvalue weighted by Crippen LogP contribution is -1.93. The average Bonchev–Trinajstić information content (AvgIpc) is 2.19. The highest BCUT2D eigenvalue weighted by molar-refractivity contribution is 6.05. The lowest BCUT2D eigenvalue weighted by atomic mass is 10.3. The summed E-state index contributed by atoms with van der Waals surface area (Å²) in [5, 5.41) is 4.70. The fraction of sp³-hybridized carbons (Fsp3) is 0. The summed E-state index contributed by atoms with van der Waals surface area (Å²) >= 11 is 0. The zero-order valence-electron chi connectivity index (χ0n) is 6.42. The topological polar surface area (TPSA) is 78.0 Å². The Morgan fingerprint density at radius 3 is 2.77 bits per heavy atom. The van der Waals surface area contributed by atoms with Gasteiger partial charge in [0.15, 0.2) is 5.65 Å². The molecule has 0 bridgehead atoms. The first-order valence-corrected chi connectivity index (χ1v) is 3.64. The van der Waals surface area contributed by atoms with Gasteiger partial charge in [-0.25, -0.2) is 15.0 Å². The molecule has 0 fully saturated rings. The van der Waals surface area contributed by atoms with Crippen molar-refractivity contribution in [3.63, 3.8) is 0 Å². The first-order chi connectivity index (χ1) is 6.45. The van der Waals surface area contributed by atoms with E-state index in [1.165, 1.54) is 19.0 Å². The van der Waals surface area contributed by atoms with Crippen molar-refractivity contribution in [1.29, 1.82) is 0 Å². The second kappa shape index (κ2) is 2.19. The van der Waals surface area contributed by atoms with Crippen molar-refractivity contribution in [1.82, 2.24) is 19.9 Å². The Labute approximate surface area is 72.8 Å². The predicted molar refractivity (Wildman–Crippen MR) is 46.3 cm³/mol. The summed E-state index contributed by atoms with van der Waals surface area (Å²) in [4.78, 5) is 19.9. The van der Waals surface area contributed by atoms with E-state index >= 15 is 0 Å². The van der Waals surface area contributed by atoms with E-state index in [0.717, 1.165) is 0 Å². The van der Waals surface area contributed by atoms with E-state index in [-0.39, 0.29) is 0 Å². The van der Waals surface area contributed by atoms with Gasteiger partial charge in [0.1, 0.15) is 6.33 Å². The Balaban J connectivity index is 2.56. The van der Waals surface area contributed by atoms with Crippen molar-refractivity contribution in [2.45, 2.75) is 0 Å². The van der Waals surface area contributed by atoms with E-state index in [1.807, 2.05) is 0 Å². The number of aliphatic imine (C=N–C) groups is 1. The van der Waals surface area contributed by atoms with Gasteiger partial charge in [-0.15, -0.1) is 0 Å². The monoisotopic (exact) mass is 171 g/mol. The molecule has 3 rings (SSSR count). The summed E-state index contributed by atoms with van der Waals surface area (Å²) in [5.74, 6) is 1.16. The average molecular weight is 171 g/mol. The van der Waals surface area contributed by atoms with Crippen LogP contribution in [0.3, 0.4) is 0 Å². The Bertz CT molecular complexity index is 500. The number of hydrogen-bond donors (Lipinski definition) is 0. The quantitative estimate of drug-likeness (QED) is 0.594. The largest absolute Gasteiger partial charge is 0.365 e. The summed E-state index contributed by atoms with van der Waals surface area (Å²) in [5.41, 5.74) is 0.579. The van der Waals surface area contributed by atoms with Crippen LogP contribution < -0.4 is 0 Å². The highest BCUT2D eigenvalue weighted by atomic mass is 15.1. The normalized spacial score (nSPS) is 12.9. The smallest absolute Gasteiger partial charge is 0.164 e. The molecule has 0 radical (unpaired) electrons. The molecule has 62 valence electrons. The van der Waals surface area contributed by atoms with E-state index in [0.29, 0.717) is 22.7 Å². The standard InChI is InChI=1S/C7H3N6/c1-8-5-4-6(9-1)11-3-13-7(4)12-2-10-5/h1-3H/q-1. The van der Waals surface area contributed by atoms with Gasteiger partial charge in [0.05, 0.1) is 11.2 Å². The van der Waals surface area contributed by atoms with E-state index in [2.05, 4.69) is 30.2 Å². The van der Waals surface area contributed by atoms with Crippen LogP contribution in [0.1, 0.15) is 0 Å². The molecular weight excluding hydrogens is 168 g/mol. The van der Waals surface area contributed by atoms with E-state index in [1.54, 1.807) is 0 Å². The molecular formula is C7H3N6-. The molecule has 13 heavy (non-hydrogen) atoms. The number of aromatic nitrogens is 4. The van der Waals surface area contributed by atoms with Crippen LogP contribution in [0.2, 0.25) is 0 Å². The van der Waals surface area contributed by atoms with Crippen molar-refractivity contribution >= 4 is 29.0 Å². The lowest BCUT2D eigenvalue weighted by molar-refractivity contribution is 1.13. The minimum Gasteiger partial charge on any atom is -0.365 e. The van der Waals surface area contributed by atoms with Crippen molar-refractivity contribution < 1.29 is 0 Å². The highest BCUT2D eigenvalue weighted by Crippen LogP contribution is 2.33. The number of rotatable bonds is 0. The van der Waals surface area contributed by atoms with Crippen LogP contribution in [0.25, 0.3) is 16.4 Å². The van der Waals surface area contributed by atoms with Crippen molar-refractivity contribution in [3.05, 3.63) is 18.0 Å². The second-order valence-electron chi connectivity index (χ2n) is 2.47. The van der Waals surface area contributed by atoms with Gasteiger partial charge in [-0.2, -0.15) is 0 Å². The molecule has 0 unspecified atom stereocenters. The summed E-state index contributed by atoms with van der Waals surface area (Å²) in [6.07, 6.45) is 4.28. The summed E-state index contributed by atoms with van der Waals surface area (Å²) < 4.78 is 0. The van der Waals surface area contributed by atoms with Gasteiger partial charge in [0.2, 0.25) is 0 Å². The zero-order valence-corrected chi connectivity index (χ0v) is 6.42. The number of nitrogens with zero attached hydrogens (tertiary/aromatic N) is 6. The molecule has 0 spiro atoms. The molecule has 0 saturated carbocycles. The van der Waals surface area contributed by atoms with E-state index < -0.39 is 0 Å². The third-order valence-electron chi connectivity index (χ3n) is 1.75. The molecule has 6 nitrogen and oxygen atoms in total. The van der Waals surface area contributed by atoms with Crippen LogP contribution in [0.15, 0.2) is 17.6 Å². The molecule has 0 aromatic carbocycles. The highest BCUT2D eigenvalue weighted by Gasteiger charge is 2.05. The van der Waals surface area contributed by atoms with E-state index in [4.69, 9.17) is 0 Å². The Morgan fingerprint density at radius 1 is 1.00 bits per heavy atom. The molecule has 1 aliphatic rings. The van der Waals surface area contributed by atoms with Crippen LogP contribution in [-0.4, -0.2) is 26.3 Å². The van der Waals surface area contributed by atoms with Gasteiger partial charge in [-0.1, -0.05) is 0 Å². The van der Waals surface area contributed by atoms with Crippen LogP contribution in [0.5, 0.6) is 0 Å². The first-order valence-electron chi connectivity index (χ1n) is 3.64. The van der Waals surface area contributed by atoms with Gasteiger partial charge in [-0.05, 0) is 6.34 Å². The Hall–Kier alpha value is -2.11. The molecule has 6 heteroatoms. The maximum atomic E-state index is 3.99. The molecule has 0 saturated heterocycles. The van der Waals surface area contributed by atoms with Gasteiger partial charge in [0.25, 0.3) is 0 Å². The zero-order chi connectivity index (χ0) is 8.67. The third kappa shape index (κ3) is 0.792. The van der Waals surface area contributed by atoms with Crippen molar-refractivity contribution in [2.75, 3.05) is 0 Å². The SMILES string of the molecule is C1=Nc2ncnc3ncnc(c23)[N-]1. The molecule has 0 aliphatic carbocycles.